The average molecular weight is 487 g/mol. The SMILES string of the molecule is Cc1cccc(-c2cc(NC(=O)c3ccc4c(c3)CCN4S(C)(=O)=O)n(Cc3ccccc3)n2)c1. The van der Waals surface area contributed by atoms with Gasteiger partial charge in [-0.25, -0.2) is 13.1 Å². The fourth-order valence-corrected chi connectivity index (χ4v) is 5.34. The first kappa shape index (κ1) is 22.9. The van der Waals surface area contributed by atoms with Crippen LogP contribution in [0.3, 0.4) is 0 Å². The van der Waals surface area contributed by atoms with Crippen molar-refractivity contribution in [3.63, 3.8) is 0 Å². The van der Waals surface area contributed by atoms with E-state index in [0.29, 0.717) is 36.6 Å². The summed E-state index contributed by atoms with van der Waals surface area (Å²) in [6.07, 6.45) is 1.77. The number of carbonyl (C=O) groups is 1. The van der Waals surface area contributed by atoms with Crippen LogP contribution in [-0.2, 0) is 23.0 Å². The second-order valence-corrected chi connectivity index (χ2v) is 10.7. The first-order valence-corrected chi connectivity index (χ1v) is 13.2. The molecule has 0 spiro atoms. The van der Waals surface area contributed by atoms with Crippen LogP contribution in [0.15, 0.2) is 78.9 Å². The highest BCUT2D eigenvalue weighted by molar-refractivity contribution is 7.92. The minimum absolute atomic E-state index is 0.268. The van der Waals surface area contributed by atoms with Crippen LogP contribution in [-0.4, -0.2) is 36.9 Å². The quantitative estimate of drug-likeness (QED) is 0.436. The Kier molecular flexibility index (Phi) is 5.90. The maximum atomic E-state index is 13.2. The molecule has 1 aliphatic heterocycles. The van der Waals surface area contributed by atoms with Crippen molar-refractivity contribution in [1.29, 1.82) is 0 Å². The number of fused-ring (bicyclic) bond motifs is 1. The van der Waals surface area contributed by atoms with Crippen molar-refractivity contribution in [1.82, 2.24) is 9.78 Å². The van der Waals surface area contributed by atoms with E-state index in [9.17, 15) is 13.2 Å². The maximum absolute atomic E-state index is 13.2. The van der Waals surface area contributed by atoms with E-state index in [1.807, 2.05) is 61.5 Å². The summed E-state index contributed by atoms with van der Waals surface area (Å²) in [7, 11) is -3.34. The van der Waals surface area contributed by atoms with Gasteiger partial charge in [-0.15, -0.1) is 0 Å². The van der Waals surface area contributed by atoms with E-state index < -0.39 is 10.0 Å². The zero-order chi connectivity index (χ0) is 24.6. The Morgan fingerprint density at radius 1 is 1.00 bits per heavy atom. The van der Waals surface area contributed by atoms with E-state index in [0.717, 1.165) is 27.9 Å². The van der Waals surface area contributed by atoms with Crippen LogP contribution in [0.2, 0.25) is 0 Å². The van der Waals surface area contributed by atoms with Crippen LogP contribution >= 0.6 is 0 Å². The van der Waals surface area contributed by atoms with Gasteiger partial charge in [-0.2, -0.15) is 5.10 Å². The summed E-state index contributed by atoms with van der Waals surface area (Å²) < 4.78 is 27.2. The lowest BCUT2D eigenvalue weighted by molar-refractivity contribution is 0.102. The minimum Gasteiger partial charge on any atom is -0.307 e. The summed E-state index contributed by atoms with van der Waals surface area (Å²) in [5, 5.41) is 7.80. The van der Waals surface area contributed by atoms with Crippen LogP contribution in [0.5, 0.6) is 0 Å². The normalized spacial score (nSPS) is 13.0. The molecular weight excluding hydrogens is 460 g/mol. The third-order valence-corrected chi connectivity index (χ3v) is 7.29. The van der Waals surface area contributed by atoms with Crippen LogP contribution in [0, 0.1) is 6.92 Å². The van der Waals surface area contributed by atoms with Crippen LogP contribution in [0.1, 0.15) is 27.0 Å². The number of carbonyl (C=O) groups excluding carboxylic acids is 1. The summed E-state index contributed by atoms with van der Waals surface area (Å²) in [6, 6.07) is 25.1. The Balaban J connectivity index is 1.45. The van der Waals surface area contributed by atoms with Gasteiger partial charge >= 0.3 is 0 Å². The van der Waals surface area contributed by atoms with Crippen molar-refractivity contribution >= 4 is 27.4 Å². The predicted octanol–water partition coefficient (Wildman–Crippen LogP) is 4.48. The second kappa shape index (κ2) is 9.03. The predicted molar refractivity (Wildman–Crippen MR) is 138 cm³/mol. The largest absolute Gasteiger partial charge is 0.307 e. The third kappa shape index (κ3) is 4.83. The fraction of sp³-hybridized carbons (Fsp3) is 0.185. The van der Waals surface area contributed by atoms with Gasteiger partial charge in [0.2, 0.25) is 10.0 Å². The highest BCUT2D eigenvalue weighted by atomic mass is 32.2. The van der Waals surface area contributed by atoms with Crippen LogP contribution in [0.4, 0.5) is 11.5 Å². The van der Waals surface area contributed by atoms with Gasteiger partial charge in [0.25, 0.3) is 5.91 Å². The number of hydrogen-bond acceptors (Lipinski definition) is 4. The molecule has 0 saturated heterocycles. The molecule has 7 nitrogen and oxygen atoms in total. The number of sulfonamides is 1. The highest BCUT2D eigenvalue weighted by Gasteiger charge is 2.27. The second-order valence-electron chi connectivity index (χ2n) is 8.81. The molecule has 0 bridgehead atoms. The number of nitrogens with zero attached hydrogens (tertiary/aromatic N) is 3. The van der Waals surface area contributed by atoms with Gasteiger partial charge in [0.15, 0.2) is 0 Å². The summed E-state index contributed by atoms with van der Waals surface area (Å²) >= 11 is 0. The molecule has 1 amide bonds. The Morgan fingerprint density at radius 3 is 2.54 bits per heavy atom. The zero-order valence-electron chi connectivity index (χ0n) is 19.6. The fourth-order valence-electron chi connectivity index (χ4n) is 4.39. The minimum atomic E-state index is -3.34. The zero-order valence-corrected chi connectivity index (χ0v) is 20.4. The molecular formula is C27H26N4O3S. The number of aromatic nitrogens is 2. The maximum Gasteiger partial charge on any atom is 0.256 e. The first-order chi connectivity index (χ1) is 16.8. The number of nitrogens with one attached hydrogen (secondary N) is 1. The molecule has 5 rings (SSSR count). The molecule has 1 aliphatic rings. The van der Waals surface area contributed by atoms with E-state index in [4.69, 9.17) is 5.10 Å². The Morgan fingerprint density at radius 2 is 1.80 bits per heavy atom. The van der Waals surface area contributed by atoms with E-state index in [2.05, 4.69) is 11.4 Å². The Labute approximate surface area is 205 Å². The van der Waals surface area contributed by atoms with Gasteiger partial charge in [0.1, 0.15) is 5.82 Å². The number of rotatable bonds is 6. The first-order valence-electron chi connectivity index (χ1n) is 11.4. The van der Waals surface area contributed by atoms with Crippen molar-refractivity contribution in [2.24, 2.45) is 0 Å². The molecule has 0 unspecified atom stereocenters. The standard InChI is InChI=1S/C27H26N4O3S/c1-19-7-6-10-21(15-19)24-17-26(30(29-24)18-20-8-4-3-5-9-20)28-27(32)23-11-12-25-22(16-23)13-14-31(25)35(2,33)34/h3-12,15-17H,13-14,18H2,1-2H3,(H,28,32). The number of hydrogen-bond donors (Lipinski definition) is 1. The lowest BCUT2D eigenvalue weighted by atomic mass is 10.1. The summed E-state index contributed by atoms with van der Waals surface area (Å²) in [5.41, 5.74) is 5.92. The molecule has 1 aromatic heterocycles. The average Bonchev–Trinajstić information content (AvgIpc) is 3.43. The van der Waals surface area contributed by atoms with Crippen LogP contribution < -0.4 is 9.62 Å². The van der Waals surface area contributed by atoms with Gasteiger partial charge in [0.05, 0.1) is 24.2 Å². The molecule has 4 aromatic rings. The lowest BCUT2D eigenvalue weighted by Gasteiger charge is -2.16. The van der Waals surface area contributed by atoms with Crippen molar-refractivity contribution in [2.75, 3.05) is 22.4 Å². The van der Waals surface area contributed by atoms with Gasteiger partial charge in [-0.05, 0) is 48.7 Å². The smallest absolute Gasteiger partial charge is 0.256 e. The van der Waals surface area contributed by atoms with Gasteiger partial charge in [0, 0.05) is 23.7 Å². The highest BCUT2D eigenvalue weighted by Crippen LogP contribution is 2.31. The van der Waals surface area contributed by atoms with Crippen molar-refractivity contribution < 1.29 is 13.2 Å². The summed E-state index contributed by atoms with van der Waals surface area (Å²) in [4.78, 5) is 13.2. The number of amides is 1. The topological polar surface area (TPSA) is 84.3 Å². The van der Waals surface area contributed by atoms with Crippen molar-refractivity contribution in [3.05, 3.63) is 101 Å². The molecule has 1 N–H and O–H groups in total. The van der Waals surface area contributed by atoms with Crippen molar-refractivity contribution in [3.8, 4) is 11.3 Å². The molecule has 0 aliphatic carbocycles. The van der Waals surface area contributed by atoms with E-state index in [1.54, 1.807) is 22.9 Å². The Bertz CT molecular complexity index is 1510. The number of benzene rings is 3. The molecule has 2 heterocycles. The van der Waals surface area contributed by atoms with E-state index in [-0.39, 0.29) is 5.91 Å². The third-order valence-electron chi connectivity index (χ3n) is 6.11. The molecule has 0 atom stereocenters. The molecule has 178 valence electrons. The van der Waals surface area contributed by atoms with Crippen LogP contribution in [0.25, 0.3) is 11.3 Å². The number of aryl methyl sites for hydroxylation is 1. The number of anilines is 2. The molecule has 0 radical (unpaired) electrons. The van der Waals surface area contributed by atoms with Gasteiger partial charge < -0.3 is 5.32 Å². The molecule has 0 fully saturated rings. The molecule has 3 aromatic carbocycles. The van der Waals surface area contributed by atoms with E-state index in [1.165, 1.54) is 10.6 Å². The molecule has 8 heteroatoms. The Hall–Kier alpha value is -3.91. The lowest BCUT2D eigenvalue weighted by Crippen LogP contribution is -2.27. The molecule has 35 heavy (non-hydrogen) atoms. The van der Waals surface area contributed by atoms with Gasteiger partial charge in [-0.3, -0.25) is 9.10 Å². The monoisotopic (exact) mass is 486 g/mol. The van der Waals surface area contributed by atoms with Gasteiger partial charge in [-0.1, -0.05) is 54.1 Å². The molecule has 0 saturated carbocycles. The summed E-state index contributed by atoms with van der Waals surface area (Å²) in [5.74, 6) is 0.323. The van der Waals surface area contributed by atoms with E-state index >= 15 is 0 Å². The van der Waals surface area contributed by atoms with Crippen molar-refractivity contribution in [2.45, 2.75) is 19.9 Å². The summed E-state index contributed by atoms with van der Waals surface area (Å²) in [6.45, 7) is 2.94.